The number of sulfonamides is 1. The van der Waals surface area contributed by atoms with E-state index in [2.05, 4.69) is 15.0 Å². The zero-order valence-corrected chi connectivity index (χ0v) is 19.1. The van der Waals surface area contributed by atoms with Crippen LogP contribution in [0.3, 0.4) is 0 Å². The second-order valence-corrected chi connectivity index (χ2v) is 9.57. The Kier molecular flexibility index (Phi) is 7.97. The summed E-state index contributed by atoms with van der Waals surface area (Å²) in [7, 11) is -3.38. The van der Waals surface area contributed by atoms with Gasteiger partial charge >= 0.3 is 0 Å². The van der Waals surface area contributed by atoms with Gasteiger partial charge < -0.3 is 10.3 Å². The highest BCUT2D eigenvalue weighted by Crippen LogP contribution is 2.21. The Morgan fingerprint density at radius 1 is 1.10 bits per heavy atom. The molecule has 0 aliphatic carbocycles. The summed E-state index contributed by atoms with van der Waals surface area (Å²) in [4.78, 5) is 27.7. The van der Waals surface area contributed by atoms with E-state index in [9.17, 15) is 18.0 Å². The van der Waals surface area contributed by atoms with E-state index in [1.807, 2.05) is 6.92 Å². The van der Waals surface area contributed by atoms with Crippen molar-refractivity contribution < 1.29 is 18.0 Å². The fourth-order valence-corrected chi connectivity index (χ4v) is 4.92. The first-order valence-electron chi connectivity index (χ1n) is 10.1. The number of aromatic nitrogens is 1. The van der Waals surface area contributed by atoms with Gasteiger partial charge in [0, 0.05) is 23.8 Å². The fraction of sp³-hybridized carbons (Fsp3) is 0.455. The van der Waals surface area contributed by atoms with Crippen LogP contribution in [0.25, 0.3) is 0 Å². The van der Waals surface area contributed by atoms with Crippen molar-refractivity contribution in [3.63, 3.8) is 0 Å². The number of ketones is 1. The van der Waals surface area contributed by atoms with E-state index in [4.69, 9.17) is 0 Å². The van der Waals surface area contributed by atoms with E-state index < -0.39 is 10.0 Å². The maximum atomic E-state index is 12.7. The van der Waals surface area contributed by atoms with Gasteiger partial charge in [0.1, 0.15) is 5.69 Å². The van der Waals surface area contributed by atoms with Crippen LogP contribution < -0.4 is 10.0 Å². The number of hydrogen-bond acceptors (Lipinski definition) is 4. The summed E-state index contributed by atoms with van der Waals surface area (Å²) < 4.78 is 26.6. The van der Waals surface area contributed by atoms with E-state index in [-0.39, 0.29) is 23.5 Å². The molecule has 0 unspecified atom stereocenters. The minimum Gasteiger partial charge on any atom is -0.354 e. The number of aryl methyl sites for hydroxylation is 1. The first kappa shape index (κ1) is 23.8. The third kappa shape index (κ3) is 6.27. The molecule has 0 spiro atoms. The molecule has 2 rings (SSSR count). The van der Waals surface area contributed by atoms with Crippen molar-refractivity contribution in [2.45, 2.75) is 65.8 Å². The Labute approximate surface area is 178 Å². The summed E-state index contributed by atoms with van der Waals surface area (Å²) in [5.41, 5.74) is 4.03. The Hall–Kier alpha value is -2.45. The maximum absolute atomic E-state index is 12.7. The monoisotopic (exact) mass is 433 g/mol. The lowest BCUT2D eigenvalue weighted by Crippen LogP contribution is -2.31. The van der Waals surface area contributed by atoms with E-state index in [0.717, 1.165) is 17.5 Å². The van der Waals surface area contributed by atoms with Crippen molar-refractivity contribution in [2.24, 2.45) is 0 Å². The molecular weight excluding hydrogens is 402 g/mol. The van der Waals surface area contributed by atoms with Crippen molar-refractivity contribution in [1.29, 1.82) is 0 Å². The van der Waals surface area contributed by atoms with Gasteiger partial charge in [-0.3, -0.25) is 9.59 Å². The summed E-state index contributed by atoms with van der Waals surface area (Å²) in [6, 6.07) is 6.94. The first-order valence-corrected chi connectivity index (χ1v) is 11.8. The molecule has 2 aromatic rings. The lowest BCUT2D eigenvalue weighted by molar-refractivity contribution is 0.0945. The quantitative estimate of drug-likeness (QED) is 0.500. The van der Waals surface area contributed by atoms with Crippen molar-refractivity contribution >= 4 is 21.7 Å². The van der Waals surface area contributed by atoms with Crippen LogP contribution in [0.2, 0.25) is 0 Å². The summed E-state index contributed by atoms with van der Waals surface area (Å²) in [6.45, 7) is 9.17. The number of benzene rings is 1. The molecule has 3 N–H and O–H groups in total. The van der Waals surface area contributed by atoms with Gasteiger partial charge in [-0.1, -0.05) is 37.6 Å². The van der Waals surface area contributed by atoms with Crippen molar-refractivity contribution in [1.82, 2.24) is 15.0 Å². The number of aromatic amines is 1. The average molecular weight is 434 g/mol. The molecule has 1 aromatic heterocycles. The van der Waals surface area contributed by atoms with Crippen LogP contribution in [0.4, 0.5) is 0 Å². The molecule has 0 bridgehead atoms. The minimum atomic E-state index is -3.38. The fourth-order valence-electron chi connectivity index (χ4n) is 3.49. The third-order valence-electron chi connectivity index (χ3n) is 4.62. The standard InChI is InChI=1S/C22H31N3O4S/c1-6-7-19-20(16(5)26)15(4)24-21(19)22(27)23-12-17-8-10-18(11-9-17)13-30(28,29)25-14(2)3/h8-11,14,24-25H,6-7,12-13H2,1-5H3,(H,23,27). The molecule has 1 heterocycles. The molecule has 0 aliphatic rings. The largest absolute Gasteiger partial charge is 0.354 e. The van der Waals surface area contributed by atoms with E-state index in [1.54, 1.807) is 45.0 Å². The highest BCUT2D eigenvalue weighted by atomic mass is 32.2. The van der Waals surface area contributed by atoms with Crippen LogP contribution >= 0.6 is 0 Å². The second kappa shape index (κ2) is 10.0. The SMILES string of the molecule is CCCc1c(C(=O)NCc2ccc(CS(=O)(=O)NC(C)C)cc2)[nH]c(C)c1C(C)=O. The molecule has 0 aliphatic heterocycles. The molecule has 1 amide bonds. The number of H-pyrrole nitrogens is 1. The van der Waals surface area contributed by atoms with Crippen LogP contribution in [0.1, 0.15) is 77.3 Å². The van der Waals surface area contributed by atoms with Crippen LogP contribution in [-0.2, 0) is 28.7 Å². The van der Waals surface area contributed by atoms with Gasteiger partial charge in [0.05, 0.1) is 5.75 Å². The second-order valence-electron chi connectivity index (χ2n) is 7.82. The molecule has 0 radical (unpaired) electrons. The summed E-state index contributed by atoms with van der Waals surface area (Å²) in [5, 5.41) is 2.88. The number of nitrogens with one attached hydrogen (secondary N) is 3. The van der Waals surface area contributed by atoms with Gasteiger partial charge in [-0.2, -0.15) is 0 Å². The van der Waals surface area contributed by atoms with Crippen molar-refractivity contribution in [3.05, 3.63) is 57.9 Å². The Morgan fingerprint density at radius 2 is 1.70 bits per heavy atom. The number of carbonyl (C=O) groups is 2. The third-order valence-corrected chi connectivity index (χ3v) is 6.16. The molecule has 0 atom stereocenters. The predicted octanol–water partition coefficient (Wildman–Crippen LogP) is 3.24. The maximum Gasteiger partial charge on any atom is 0.268 e. The van der Waals surface area contributed by atoms with Gasteiger partial charge in [-0.15, -0.1) is 0 Å². The highest BCUT2D eigenvalue weighted by Gasteiger charge is 2.22. The summed E-state index contributed by atoms with van der Waals surface area (Å²) in [6.07, 6.45) is 1.48. The number of rotatable bonds is 10. The molecule has 0 saturated carbocycles. The van der Waals surface area contributed by atoms with Gasteiger partial charge in [-0.25, -0.2) is 13.1 Å². The highest BCUT2D eigenvalue weighted by molar-refractivity contribution is 7.88. The molecule has 0 saturated heterocycles. The zero-order chi connectivity index (χ0) is 22.5. The van der Waals surface area contributed by atoms with Crippen molar-refractivity contribution in [3.8, 4) is 0 Å². The first-order chi connectivity index (χ1) is 14.0. The topological polar surface area (TPSA) is 108 Å². The van der Waals surface area contributed by atoms with E-state index in [0.29, 0.717) is 35.5 Å². The summed E-state index contributed by atoms with van der Waals surface area (Å²) >= 11 is 0. The van der Waals surface area contributed by atoms with Crippen molar-refractivity contribution in [2.75, 3.05) is 0 Å². The normalized spacial score (nSPS) is 11.7. The van der Waals surface area contributed by atoms with Gasteiger partial charge in [-0.05, 0) is 50.8 Å². The van der Waals surface area contributed by atoms with E-state index in [1.165, 1.54) is 6.92 Å². The van der Waals surface area contributed by atoms with E-state index >= 15 is 0 Å². The lowest BCUT2D eigenvalue weighted by atomic mass is 10.0. The smallest absolute Gasteiger partial charge is 0.268 e. The van der Waals surface area contributed by atoms with Crippen LogP contribution in [-0.4, -0.2) is 31.1 Å². The lowest BCUT2D eigenvalue weighted by Gasteiger charge is -2.10. The molecule has 0 fully saturated rings. The molecule has 8 heteroatoms. The Bertz CT molecular complexity index is 1010. The van der Waals surface area contributed by atoms with Crippen LogP contribution in [0, 0.1) is 6.92 Å². The molecule has 30 heavy (non-hydrogen) atoms. The number of hydrogen-bond donors (Lipinski definition) is 3. The molecule has 7 nitrogen and oxygen atoms in total. The molecule has 1 aromatic carbocycles. The number of Topliss-reactive ketones (excluding diaryl/α,β-unsaturated/α-hetero) is 1. The molecule has 164 valence electrons. The van der Waals surface area contributed by atoms with Crippen LogP contribution in [0.5, 0.6) is 0 Å². The number of amides is 1. The number of carbonyl (C=O) groups excluding carboxylic acids is 2. The van der Waals surface area contributed by atoms with Gasteiger partial charge in [0.2, 0.25) is 10.0 Å². The van der Waals surface area contributed by atoms with Crippen LogP contribution in [0.15, 0.2) is 24.3 Å². The average Bonchev–Trinajstić information content (AvgIpc) is 2.96. The van der Waals surface area contributed by atoms with Gasteiger partial charge in [0.15, 0.2) is 5.78 Å². The Balaban J connectivity index is 2.07. The predicted molar refractivity (Wildman–Crippen MR) is 118 cm³/mol. The Morgan fingerprint density at radius 3 is 2.23 bits per heavy atom. The van der Waals surface area contributed by atoms with Gasteiger partial charge in [0.25, 0.3) is 5.91 Å². The molecular formula is C22H31N3O4S. The summed E-state index contributed by atoms with van der Waals surface area (Å²) in [5.74, 6) is -0.404. The zero-order valence-electron chi connectivity index (χ0n) is 18.3. The minimum absolute atomic E-state index is 0.0521.